The van der Waals surface area contributed by atoms with Gasteiger partial charge in [-0.1, -0.05) is 13.8 Å². The Morgan fingerprint density at radius 3 is 2.72 bits per heavy atom. The summed E-state index contributed by atoms with van der Waals surface area (Å²) in [6, 6.07) is 11.1. The van der Waals surface area contributed by atoms with Crippen molar-refractivity contribution in [3.05, 3.63) is 48.8 Å². The standard InChI is InChI=1S/C21H23N5O3/c1-13(2)17(11-27)25-21-24-16(14-4-3-7-22-10-14)9-20(26-21)23-15-5-6-18-19(8-15)29-12-28-18/h3-10,13,17,27H,11-12H2,1-2H3,(H2,23,24,25,26)/t17-/m1/s1. The van der Waals surface area contributed by atoms with Gasteiger partial charge >= 0.3 is 0 Å². The number of aromatic nitrogens is 3. The average Bonchev–Trinajstić information content (AvgIpc) is 3.20. The minimum Gasteiger partial charge on any atom is -0.454 e. The van der Waals surface area contributed by atoms with E-state index in [1.807, 2.05) is 50.2 Å². The summed E-state index contributed by atoms with van der Waals surface area (Å²) in [5.41, 5.74) is 2.41. The maximum atomic E-state index is 9.67. The fraction of sp³-hybridized carbons (Fsp3) is 0.286. The van der Waals surface area contributed by atoms with E-state index in [0.717, 1.165) is 22.7 Å². The molecule has 1 aliphatic heterocycles. The van der Waals surface area contributed by atoms with Crippen LogP contribution in [0.5, 0.6) is 11.5 Å². The molecule has 29 heavy (non-hydrogen) atoms. The molecule has 0 aliphatic carbocycles. The molecule has 0 radical (unpaired) electrons. The van der Waals surface area contributed by atoms with Crippen molar-refractivity contribution in [3.63, 3.8) is 0 Å². The van der Waals surface area contributed by atoms with Crippen LogP contribution in [-0.4, -0.2) is 39.5 Å². The van der Waals surface area contributed by atoms with Crippen LogP contribution >= 0.6 is 0 Å². The molecule has 3 heterocycles. The van der Waals surface area contributed by atoms with Gasteiger partial charge in [-0.3, -0.25) is 4.98 Å². The Morgan fingerprint density at radius 2 is 1.97 bits per heavy atom. The number of anilines is 3. The van der Waals surface area contributed by atoms with E-state index < -0.39 is 0 Å². The summed E-state index contributed by atoms with van der Waals surface area (Å²) in [7, 11) is 0. The van der Waals surface area contributed by atoms with Crippen molar-refractivity contribution in [1.82, 2.24) is 15.0 Å². The van der Waals surface area contributed by atoms with E-state index >= 15 is 0 Å². The second kappa shape index (κ2) is 8.32. The van der Waals surface area contributed by atoms with Crippen LogP contribution < -0.4 is 20.1 Å². The molecule has 3 N–H and O–H groups in total. The molecule has 150 valence electrons. The number of hydrogen-bond acceptors (Lipinski definition) is 8. The molecule has 0 spiro atoms. The van der Waals surface area contributed by atoms with E-state index in [4.69, 9.17) is 9.47 Å². The quantitative estimate of drug-likeness (QED) is 0.561. The first kappa shape index (κ1) is 18.9. The molecular formula is C21H23N5O3. The van der Waals surface area contributed by atoms with Gasteiger partial charge in [-0.05, 0) is 30.2 Å². The molecular weight excluding hydrogens is 370 g/mol. The molecule has 1 aliphatic rings. The van der Waals surface area contributed by atoms with Gasteiger partial charge in [-0.2, -0.15) is 4.98 Å². The Kier molecular flexibility index (Phi) is 5.44. The van der Waals surface area contributed by atoms with Crippen LogP contribution in [0.25, 0.3) is 11.3 Å². The third-order valence-corrected chi connectivity index (χ3v) is 4.64. The molecule has 0 bridgehead atoms. The van der Waals surface area contributed by atoms with Gasteiger partial charge in [0, 0.05) is 35.8 Å². The molecule has 8 nitrogen and oxygen atoms in total. The number of nitrogens with one attached hydrogen (secondary N) is 2. The number of pyridine rings is 1. The summed E-state index contributed by atoms with van der Waals surface area (Å²) in [6.45, 7) is 4.28. The van der Waals surface area contributed by atoms with Crippen molar-refractivity contribution in [1.29, 1.82) is 0 Å². The van der Waals surface area contributed by atoms with Crippen LogP contribution in [0.4, 0.5) is 17.5 Å². The molecule has 0 saturated heterocycles. The van der Waals surface area contributed by atoms with Crippen LogP contribution in [0.3, 0.4) is 0 Å². The first-order chi connectivity index (χ1) is 14.1. The second-order valence-corrected chi connectivity index (χ2v) is 7.07. The molecule has 4 rings (SSSR count). The van der Waals surface area contributed by atoms with Crippen LogP contribution in [0.2, 0.25) is 0 Å². The number of aliphatic hydroxyl groups excluding tert-OH is 1. The van der Waals surface area contributed by atoms with E-state index in [9.17, 15) is 5.11 Å². The van der Waals surface area contributed by atoms with Gasteiger partial charge in [0.2, 0.25) is 12.7 Å². The summed E-state index contributed by atoms with van der Waals surface area (Å²) in [4.78, 5) is 13.4. The normalized spacial score (nSPS) is 13.4. The Labute approximate surface area is 169 Å². The SMILES string of the molecule is CC(C)[C@@H](CO)Nc1nc(Nc2ccc3c(c2)OCO3)cc(-c2cccnc2)n1. The van der Waals surface area contributed by atoms with Crippen molar-refractivity contribution in [2.24, 2.45) is 5.92 Å². The third-order valence-electron chi connectivity index (χ3n) is 4.64. The maximum absolute atomic E-state index is 9.67. The lowest BCUT2D eigenvalue weighted by molar-refractivity contribution is 0.174. The molecule has 0 unspecified atom stereocenters. The Balaban J connectivity index is 1.67. The van der Waals surface area contributed by atoms with Crippen molar-refractivity contribution in [2.75, 3.05) is 24.0 Å². The first-order valence-electron chi connectivity index (χ1n) is 9.46. The predicted molar refractivity (Wildman–Crippen MR) is 110 cm³/mol. The molecule has 0 saturated carbocycles. The fourth-order valence-corrected chi connectivity index (χ4v) is 2.95. The van der Waals surface area contributed by atoms with E-state index in [0.29, 0.717) is 17.5 Å². The van der Waals surface area contributed by atoms with Crippen molar-refractivity contribution >= 4 is 17.5 Å². The minimum atomic E-state index is -0.155. The number of nitrogens with zero attached hydrogens (tertiary/aromatic N) is 3. The smallest absolute Gasteiger partial charge is 0.231 e. The fourth-order valence-electron chi connectivity index (χ4n) is 2.95. The number of fused-ring (bicyclic) bond motifs is 1. The predicted octanol–water partition coefficient (Wildman–Crippen LogP) is 3.44. The number of rotatable bonds is 7. The number of benzene rings is 1. The van der Waals surface area contributed by atoms with E-state index in [-0.39, 0.29) is 25.4 Å². The number of hydrogen-bond donors (Lipinski definition) is 3. The van der Waals surface area contributed by atoms with E-state index in [1.165, 1.54) is 0 Å². The zero-order valence-corrected chi connectivity index (χ0v) is 16.3. The Morgan fingerprint density at radius 1 is 1.10 bits per heavy atom. The minimum absolute atomic E-state index is 0.0108. The lowest BCUT2D eigenvalue weighted by atomic mass is 10.1. The lowest BCUT2D eigenvalue weighted by Gasteiger charge is -2.20. The van der Waals surface area contributed by atoms with Gasteiger partial charge in [-0.25, -0.2) is 4.98 Å². The molecule has 8 heteroatoms. The van der Waals surface area contributed by atoms with Crippen LogP contribution in [0.15, 0.2) is 48.8 Å². The van der Waals surface area contributed by atoms with Crippen LogP contribution in [0.1, 0.15) is 13.8 Å². The molecule has 0 fully saturated rings. The van der Waals surface area contributed by atoms with Crippen LogP contribution in [0, 0.1) is 5.92 Å². The van der Waals surface area contributed by atoms with Crippen molar-refractivity contribution < 1.29 is 14.6 Å². The third kappa shape index (κ3) is 4.38. The second-order valence-electron chi connectivity index (χ2n) is 7.07. The molecule has 0 amide bonds. The largest absolute Gasteiger partial charge is 0.454 e. The van der Waals surface area contributed by atoms with E-state index in [2.05, 4.69) is 25.6 Å². The highest BCUT2D eigenvalue weighted by Gasteiger charge is 2.16. The number of ether oxygens (including phenoxy) is 2. The number of aliphatic hydroxyl groups is 1. The monoisotopic (exact) mass is 393 g/mol. The summed E-state index contributed by atoms with van der Waals surface area (Å²) >= 11 is 0. The van der Waals surface area contributed by atoms with Crippen molar-refractivity contribution in [2.45, 2.75) is 19.9 Å². The Hall–Kier alpha value is -3.39. The summed E-state index contributed by atoms with van der Waals surface area (Å²) in [6.07, 6.45) is 3.47. The highest BCUT2D eigenvalue weighted by molar-refractivity contribution is 5.68. The van der Waals surface area contributed by atoms with Gasteiger partial charge in [0.15, 0.2) is 11.5 Å². The molecule has 3 aromatic rings. The van der Waals surface area contributed by atoms with Crippen molar-refractivity contribution in [3.8, 4) is 22.8 Å². The summed E-state index contributed by atoms with van der Waals surface area (Å²) in [5.74, 6) is 2.67. The average molecular weight is 393 g/mol. The van der Waals surface area contributed by atoms with Gasteiger partial charge in [0.1, 0.15) is 5.82 Å². The van der Waals surface area contributed by atoms with Gasteiger partial charge in [0.05, 0.1) is 18.3 Å². The molecule has 2 aromatic heterocycles. The van der Waals surface area contributed by atoms with Gasteiger partial charge in [0.25, 0.3) is 0 Å². The van der Waals surface area contributed by atoms with Gasteiger partial charge in [-0.15, -0.1) is 0 Å². The zero-order valence-electron chi connectivity index (χ0n) is 16.3. The highest BCUT2D eigenvalue weighted by Crippen LogP contribution is 2.35. The summed E-state index contributed by atoms with van der Waals surface area (Å²) < 4.78 is 10.8. The topological polar surface area (TPSA) is 101 Å². The van der Waals surface area contributed by atoms with E-state index in [1.54, 1.807) is 12.4 Å². The van der Waals surface area contributed by atoms with Crippen LogP contribution in [-0.2, 0) is 0 Å². The Bertz CT molecular complexity index is 981. The summed E-state index contributed by atoms with van der Waals surface area (Å²) in [5, 5.41) is 16.2. The molecule has 1 aromatic carbocycles. The maximum Gasteiger partial charge on any atom is 0.231 e. The lowest BCUT2D eigenvalue weighted by Crippen LogP contribution is -2.30. The first-order valence-corrected chi connectivity index (χ1v) is 9.46. The van der Waals surface area contributed by atoms with Gasteiger partial charge < -0.3 is 25.2 Å². The zero-order chi connectivity index (χ0) is 20.2. The highest BCUT2D eigenvalue weighted by atomic mass is 16.7. The molecule has 1 atom stereocenters.